The first-order valence-electron chi connectivity index (χ1n) is 4.79. The number of aryl methyl sites for hydroxylation is 1. The maximum absolute atomic E-state index is 11.8. The summed E-state index contributed by atoms with van der Waals surface area (Å²) < 4.78 is 0. The van der Waals surface area contributed by atoms with Crippen LogP contribution in [0.15, 0.2) is 12.3 Å². The number of likely N-dealkylation sites (tertiary alicyclic amines) is 1. The van der Waals surface area contributed by atoms with Gasteiger partial charge in [0.05, 0.1) is 36.1 Å². The number of aromatic nitrogens is 2. The third kappa shape index (κ3) is 1.97. The summed E-state index contributed by atoms with van der Waals surface area (Å²) >= 11 is 0. The molecular weight excluding hydrogens is 194 g/mol. The van der Waals surface area contributed by atoms with Gasteiger partial charge in [0.15, 0.2) is 0 Å². The highest BCUT2D eigenvalue weighted by atomic mass is 16.3. The number of carbonyl (C=O) groups excluding carboxylic acids is 1. The average molecular weight is 207 g/mol. The molecule has 0 radical (unpaired) electrons. The molecule has 0 bridgehead atoms. The predicted octanol–water partition coefficient (Wildman–Crippen LogP) is -0.00818. The lowest BCUT2D eigenvalue weighted by Gasteiger charge is -2.44. The minimum atomic E-state index is -0.731. The maximum Gasteiger partial charge on any atom is 0.255 e. The van der Waals surface area contributed by atoms with E-state index in [0.717, 1.165) is 0 Å². The highest BCUT2D eigenvalue weighted by Crippen LogP contribution is 2.21. The molecule has 1 saturated heterocycles. The molecule has 0 aromatic carbocycles. The van der Waals surface area contributed by atoms with Crippen LogP contribution in [0.25, 0.3) is 0 Å². The fraction of sp³-hybridized carbons (Fsp3) is 0.500. The molecule has 1 fully saturated rings. The van der Waals surface area contributed by atoms with Crippen LogP contribution in [0, 0.1) is 6.92 Å². The number of carbonyl (C=O) groups is 1. The van der Waals surface area contributed by atoms with E-state index in [-0.39, 0.29) is 5.91 Å². The molecule has 0 atom stereocenters. The average Bonchev–Trinajstić information content (AvgIpc) is 2.13. The van der Waals surface area contributed by atoms with Gasteiger partial charge in [0.25, 0.3) is 5.91 Å². The molecular formula is C10H13N3O2. The second-order valence-corrected chi connectivity index (χ2v) is 4.24. The second kappa shape index (κ2) is 3.27. The Morgan fingerprint density at radius 2 is 2.27 bits per heavy atom. The molecule has 1 amide bonds. The Hall–Kier alpha value is -1.49. The van der Waals surface area contributed by atoms with E-state index < -0.39 is 5.60 Å². The molecule has 15 heavy (non-hydrogen) atoms. The third-order valence-electron chi connectivity index (χ3n) is 2.37. The van der Waals surface area contributed by atoms with E-state index in [1.165, 1.54) is 6.20 Å². The lowest BCUT2D eigenvalue weighted by atomic mass is 9.96. The summed E-state index contributed by atoms with van der Waals surface area (Å²) in [6, 6.07) is 1.70. The van der Waals surface area contributed by atoms with Crippen LogP contribution in [0.2, 0.25) is 0 Å². The van der Waals surface area contributed by atoms with E-state index in [9.17, 15) is 9.90 Å². The largest absolute Gasteiger partial charge is 0.386 e. The fourth-order valence-electron chi connectivity index (χ4n) is 1.69. The number of rotatable bonds is 1. The van der Waals surface area contributed by atoms with E-state index >= 15 is 0 Å². The van der Waals surface area contributed by atoms with Gasteiger partial charge in [0.1, 0.15) is 0 Å². The van der Waals surface area contributed by atoms with Crippen molar-refractivity contribution in [1.29, 1.82) is 0 Å². The Kier molecular flexibility index (Phi) is 2.19. The molecule has 1 aliphatic heterocycles. The zero-order valence-corrected chi connectivity index (χ0v) is 8.77. The molecule has 1 aromatic heterocycles. The number of hydrogen-bond acceptors (Lipinski definition) is 4. The van der Waals surface area contributed by atoms with E-state index in [4.69, 9.17) is 0 Å². The van der Waals surface area contributed by atoms with Crippen molar-refractivity contribution in [1.82, 2.24) is 15.1 Å². The monoisotopic (exact) mass is 207 g/mol. The molecule has 2 heterocycles. The van der Waals surface area contributed by atoms with E-state index in [0.29, 0.717) is 24.3 Å². The quantitative estimate of drug-likeness (QED) is 0.703. The molecule has 0 aliphatic carbocycles. The van der Waals surface area contributed by atoms with Crippen LogP contribution < -0.4 is 0 Å². The van der Waals surface area contributed by atoms with Crippen LogP contribution in [0.1, 0.15) is 23.0 Å². The number of amides is 1. The fourth-order valence-corrected chi connectivity index (χ4v) is 1.69. The van der Waals surface area contributed by atoms with Gasteiger partial charge in [-0.25, -0.2) is 0 Å². The van der Waals surface area contributed by atoms with Gasteiger partial charge < -0.3 is 10.0 Å². The Balaban J connectivity index is 2.10. The van der Waals surface area contributed by atoms with Gasteiger partial charge in [-0.15, -0.1) is 0 Å². The van der Waals surface area contributed by atoms with Crippen LogP contribution in [0.5, 0.6) is 0 Å². The number of hydrogen-bond donors (Lipinski definition) is 1. The van der Waals surface area contributed by atoms with E-state index in [2.05, 4.69) is 10.2 Å². The molecule has 0 unspecified atom stereocenters. The number of aliphatic hydroxyl groups is 1. The molecule has 0 saturated carbocycles. The topological polar surface area (TPSA) is 66.3 Å². The van der Waals surface area contributed by atoms with Crippen molar-refractivity contribution in [3.05, 3.63) is 23.5 Å². The van der Waals surface area contributed by atoms with Crippen molar-refractivity contribution >= 4 is 5.91 Å². The van der Waals surface area contributed by atoms with E-state index in [1.54, 1.807) is 24.8 Å². The predicted molar refractivity (Wildman–Crippen MR) is 53.3 cm³/mol. The van der Waals surface area contributed by atoms with Crippen LogP contribution in [0.4, 0.5) is 0 Å². The maximum atomic E-state index is 11.8. The summed E-state index contributed by atoms with van der Waals surface area (Å²) in [5, 5.41) is 17.0. The molecule has 1 aromatic rings. The Labute approximate surface area is 87.7 Å². The summed E-state index contributed by atoms with van der Waals surface area (Å²) in [6.07, 6.45) is 1.45. The highest BCUT2D eigenvalue weighted by Gasteiger charge is 2.39. The van der Waals surface area contributed by atoms with Crippen LogP contribution >= 0.6 is 0 Å². The van der Waals surface area contributed by atoms with Crippen molar-refractivity contribution in [3.8, 4) is 0 Å². The van der Waals surface area contributed by atoms with Gasteiger partial charge in [0, 0.05) is 0 Å². The highest BCUT2D eigenvalue weighted by molar-refractivity contribution is 5.94. The van der Waals surface area contributed by atoms with Crippen molar-refractivity contribution < 1.29 is 9.90 Å². The van der Waals surface area contributed by atoms with Crippen molar-refractivity contribution in [2.75, 3.05) is 13.1 Å². The SMILES string of the molecule is Cc1cc(C(=O)N2CC(C)(O)C2)cnn1. The van der Waals surface area contributed by atoms with Crippen LogP contribution in [0.3, 0.4) is 0 Å². The first-order chi connectivity index (χ1) is 6.98. The van der Waals surface area contributed by atoms with Gasteiger partial charge in [-0.1, -0.05) is 0 Å². The minimum Gasteiger partial charge on any atom is -0.386 e. The van der Waals surface area contributed by atoms with Crippen molar-refractivity contribution in [2.45, 2.75) is 19.4 Å². The normalized spacial score (nSPS) is 18.5. The smallest absolute Gasteiger partial charge is 0.255 e. The number of nitrogens with zero attached hydrogens (tertiary/aromatic N) is 3. The molecule has 1 N–H and O–H groups in total. The number of β-amino-alcohol motifs (C(OH)–C–C–N with tert-alkyl or cyclic N) is 1. The summed E-state index contributed by atoms with van der Waals surface area (Å²) in [5.74, 6) is -0.0977. The molecule has 2 rings (SSSR count). The molecule has 0 spiro atoms. The van der Waals surface area contributed by atoms with Crippen molar-refractivity contribution in [3.63, 3.8) is 0 Å². The van der Waals surface area contributed by atoms with E-state index in [1.807, 2.05) is 0 Å². The van der Waals surface area contributed by atoms with Gasteiger partial charge >= 0.3 is 0 Å². The van der Waals surface area contributed by atoms with Crippen LogP contribution in [-0.2, 0) is 0 Å². The Morgan fingerprint density at radius 1 is 1.60 bits per heavy atom. The minimum absolute atomic E-state index is 0.0977. The molecule has 1 aliphatic rings. The molecule has 5 heteroatoms. The van der Waals surface area contributed by atoms with Crippen molar-refractivity contribution in [2.24, 2.45) is 0 Å². The standard InChI is InChI=1S/C10H13N3O2/c1-7-3-8(4-11-12-7)9(14)13-5-10(2,15)6-13/h3-4,15H,5-6H2,1-2H3. The summed E-state index contributed by atoms with van der Waals surface area (Å²) in [4.78, 5) is 13.4. The first kappa shape index (κ1) is 10.0. The lowest BCUT2D eigenvalue weighted by molar-refractivity contribution is -0.0668. The van der Waals surface area contributed by atoms with Gasteiger partial charge in [-0.05, 0) is 19.9 Å². The third-order valence-corrected chi connectivity index (χ3v) is 2.37. The lowest BCUT2D eigenvalue weighted by Crippen LogP contribution is -2.61. The Morgan fingerprint density at radius 3 is 2.80 bits per heavy atom. The molecule has 5 nitrogen and oxygen atoms in total. The van der Waals surface area contributed by atoms with Gasteiger partial charge in [0.2, 0.25) is 0 Å². The Bertz CT molecular complexity index is 395. The van der Waals surface area contributed by atoms with Crippen LogP contribution in [-0.4, -0.2) is 44.8 Å². The summed E-state index contributed by atoms with van der Waals surface area (Å²) in [5.41, 5.74) is 0.511. The molecule has 80 valence electrons. The van der Waals surface area contributed by atoms with Gasteiger partial charge in [-0.2, -0.15) is 10.2 Å². The zero-order chi connectivity index (χ0) is 11.1. The second-order valence-electron chi connectivity index (χ2n) is 4.24. The zero-order valence-electron chi connectivity index (χ0n) is 8.77. The van der Waals surface area contributed by atoms with Gasteiger partial charge in [-0.3, -0.25) is 4.79 Å². The summed E-state index contributed by atoms with van der Waals surface area (Å²) in [6.45, 7) is 4.27. The summed E-state index contributed by atoms with van der Waals surface area (Å²) in [7, 11) is 0. The first-order valence-corrected chi connectivity index (χ1v) is 4.79.